The molecule has 0 fully saturated rings. The van der Waals surface area contributed by atoms with Crippen LogP contribution in [0.3, 0.4) is 0 Å². The minimum atomic E-state index is -0.0110. The average molecular weight is 267 g/mol. The Kier molecular flexibility index (Phi) is 5.54. The van der Waals surface area contributed by atoms with Crippen molar-refractivity contribution >= 4 is 17.1 Å². The summed E-state index contributed by atoms with van der Waals surface area (Å²) >= 11 is 1.74. The summed E-state index contributed by atoms with van der Waals surface area (Å²) < 4.78 is 0. The van der Waals surface area contributed by atoms with Gasteiger partial charge >= 0.3 is 0 Å². The fraction of sp³-hybridized carbons (Fsp3) is 0.667. The molecule has 0 saturated heterocycles. The first-order valence-electron chi connectivity index (χ1n) is 6.65. The van der Waals surface area contributed by atoms with Crippen LogP contribution in [0.1, 0.15) is 50.3 Å². The van der Waals surface area contributed by atoms with Crippen molar-refractivity contribution in [2.45, 2.75) is 59.4 Å². The van der Waals surface area contributed by atoms with Crippen molar-refractivity contribution in [3.63, 3.8) is 0 Å². The third-order valence-corrected chi connectivity index (χ3v) is 4.03. The molecule has 1 atom stereocenters. The molecular formula is C15H25NOS. The van der Waals surface area contributed by atoms with E-state index in [4.69, 9.17) is 5.73 Å². The molecule has 1 rings (SSSR count). The minimum absolute atomic E-state index is 0.0110. The number of carbonyl (C=O) groups excluding carboxylic acids is 1. The van der Waals surface area contributed by atoms with E-state index < -0.39 is 0 Å². The fourth-order valence-electron chi connectivity index (χ4n) is 2.13. The van der Waals surface area contributed by atoms with E-state index in [0.29, 0.717) is 12.8 Å². The molecule has 0 aliphatic rings. The van der Waals surface area contributed by atoms with E-state index in [1.54, 1.807) is 11.3 Å². The van der Waals surface area contributed by atoms with E-state index in [1.165, 1.54) is 9.75 Å². The standard InChI is InChI=1S/C15H25NOS/c1-5-13-6-7-14(18-13)9-12(17)8-11(16)10-15(2,3)4/h6-7,11H,5,8-10,16H2,1-4H3. The van der Waals surface area contributed by atoms with E-state index in [9.17, 15) is 4.79 Å². The second kappa shape index (κ2) is 6.48. The third kappa shape index (κ3) is 5.78. The molecule has 0 saturated carbocycles. The van der Waals surface area contributed by atoms with Gasteiger partial charge in [-0.05, 0) is 30.4 Å². The van der Waals surface area contributed by atoms with E-state index in [-0.39, 0.29) is 17.2 Å². The molecule has 0 radical (unpaired) electrons. The molecule has 1 heterocycles. The monoisotopic (exact) mass is 267 g/mol. The van der Waals surface area contributed by atoms with Gasteiger partial charge in [-0.2, -0.15) is 0 Å². The Morgan fingerprint density at radius 3 is 2.44 bits per heavy atom. The van der Waals surface area contributed by atoms with Crippen LogP contribution in [0.4, 0.5) is 0 Å². The summed E-state index contributed by atoms with van der Waals surface area (Å²) in [5.41, 5.74) is 6.22. The molecule has 0 aliphatic carbocycles. The van der Waals surface area contributed by atoms with Gasteiger partial charge in [-0.3, -0.25) is 4.79 Å². The van der Waals surface area contributed by atoms with Gasteiger partial charge in [-0.15, -0.1) is 11.3 Å². The molecule has 1 unspecified atom stereocenters. The number of carbonyl (C=O) groups is 1. The lowest BCUT2D eigenvalue weighted by molar-refractivity contribution is -0.118. The zero-order chi connectivity index (χ0) is 13.8. The first-order valence-corrected chi connectivity index (χ1v) is 7.46. The maximum absolute atomic E-state index is 11.9. The predicted molar refractivity (Wildman–Crippen MR) is 79.1 cm³/mol. The number of rotatable bonds is 6. The number of Topliss-reactive ketones (excluding diaryl/α,β-unsaturated/α-hetero) is 1. The van der Waals surface area contributed by atoms with Gasteiger partial charge in [0, 0.05) is 28.6 Å². The van der Waals surface area contributed by atoms with Crippen LogP contribution in [-0.2, 0) is 17.6 Å². The fourth-order valence-corrected chi connectivity index (χ4v) is 3.11. The first kappa shape index (κ1) is 15.4. The second-order valence-electron chi connectivity index (χ2n) is 6.17. The van der Waals surface area contributed by atoms with E-state index in [1.807, 2.05) is 0 Å². The zero-order valence-electron chi connectivity index (χ0n) is 12.0. The van der Waals surface area contributed by atoms with Crippen LogP contribution in [0.5, 0.6) is 0 Å². The SMILES string of the molecule is CCc1ccc(CC(=O)CC(N)CC(C)(C)C)s1. The van der Waals surface area contributed by atoms with E-state index in [0.717, 1.165) is 12.8 Å². The molecule has 18 heavy (non-hydrogen) atoms. The molecular weight excluding hydrogens is 242 g/mol. The number of aryl methyl sites for hydroxylation is 1. The van der Waals surface area contributed by atoms with Gasteiger partial charge in [0.2, 0.25) is 0 Å². The summed E-state index contributed by atoms with van der Waals surface area (Å²) in [6, 6.07) is 4.17. The summed E-state index contributed by atoms with van der Waals surface area (Å²) in [5, 5.41) is 0. The lowest BCUT2D eigenvalue weighted by Gasteiger charge is -2.22. The highest BCUT2D eigenvalue weighted by molar-refractivity contribution is 7.12. The maximum Gasteiger partial charge on any atom is 0.139 e. The van der Waals surface area contributed by atoms with Crippen LogP contribution in [0.25, 0.3) is 0 Å². The number of hydrogen-bond donors (Lipinski definition) is 1. The minimum Gasteiger partial charge on any atom is -0.327 e. The zero-order valence-corrected chi connectivity index (χ0v) is 12.8. The lowest BCUT2D eigenvalue weighted by Crippen LogP contribution is -2.29. The number of hydrogen-bond acceptors (Lipinski definition) is 3. The predicted octanol–water partition coefficient (Wildman–Crippen LogP) is 3.58. The topological polar surface area (TPSA) is 43.1 Å². The number of nitrogens with two attached hydrogens (primary N) is 1. The lowest BCUT2D eigenvalue weighted by atomic mass is 9.86. The second-order valence-corrected chi connectivity index (χ2v) is 7.42. The number of thiophene rings is 1. The number of ketones is 1. The highest BCUT2D eigenvalue weighted by Gasteiger charge is 2.18. The molecule has 1 aromatic rings. The molecule has 0 aliphatic heterocycles. The van der Waals surface area contributed by atoms with Gasteiger partial charge in [-0.1, -0.05) is 27.7 Å². The largest absolute Gasteiger partial charge is 0.327 e. The van der Waals surface area contributed by atoms with Crippen molar-refractivity contribution < 1.29 is 4.79 Å². The van der Waals surface area contributed by atoms with Crippen molar-refractivity contribution in [2.24, 2.45) is 11.1 Å². The molecule has 1 aromatic heterocycles. The summed E-state index contributed by atoms with van der Waals surface area (Å²) in [6.07, 6.45) is 2.98. The summed E-state index contributed by atoms with van der Waals surface area (Å²) in [5.74, 6) is 0.260. The van der Waals surface area contributed by atoms with Crippen molar-refractivity contribution in [3.8, 4) is 0 Å². The van der Waals surface area contributed by atoms with Crippen molar-refractivity contribution in [3.05, 3.63) is 21.9 Å². The normalized spacial score (nSPS) is 13.6. The smallest absolute Gasteiger partial charge is 0.139 e. The molecule has 102 valence electrons. The van der Waals surface area contributed by atoms with Gasteiger partial charge in [0.05, 0.1) is 0 Å². The Bertz CT molecular complexity index is 389. The summed E-state index contributed by atoms with van der Waals surface area (Å²) in [4.78, 5) is 14.4. The quantitative estimate of drug-likeness (QED) is 0.856. The molecule has 0 aromatic carbocycles. The molecule has 0 amide bonds. The average Bonchev–Trinajstić information content (AvgIpc) is 2.61. The Hall–Kier alpha value is -0.670. The Morgan fingerprint density at radius 1 is 1.33 bits per heavy atom. The van der Waals surface area contributed by atoms with Gasteiger partial charge in [0.15, 0.2) is 0 Å². The van der Waals surface area contributed by atoms with Crippen molar-refractivity contribution in [1.82, 2.24) is 0 Å². The Morgan fingerprint density at radius 2 is 1.94 bits per heavy atom. The molecule has 3 heteroatoms. The Labute approximate surface area is 115 Å². The van der Waals surface area contributed by atoms with Crippen LogP contribution in [-0.4, -0.2) is 11.8 Å². The first-order chi connectivity index (χ1) is 8.30. The van der Waals surface area contributed by atoms with Gasteiger partial charge < -0.3 is 5.73 Å². The van der Waals surface area contributed by atoms with E-state index in [2.05, 4.69) is 39.8 Å². The van der Waals surface area contributed by atoms with Gasteiger partial charge in [-0.25, -0.2) is 0 Å². The third-order valence-electron chi connectivity index (χ3n) is 2.80. The van der Waals surface area contributed by atoms with Crippen molar-refractivity contribution in [1.29, 1.82) is 0 Å². The molecule has 2 N–H and O–H groups in total. The van der Waals surface area contributed by atoms with Gasteiger partial charge in [0.25, 0.3) is 0 Å². The van der Waals surface area contributed by atoms with Crippen LogP contribution in [0, 0.1) is 5.41 Å². The van der Waals surface area contributed by atoms with E-state index >= 15 is 0 Å². The van der Waals surface area contributed by atoms with Crippen LogP contribution in [0.15, 0.2) is 12.1 Å². The summed E-state index contributed by atoms with van der Waals surface area (Å²) in [6.45, 7) is 8.61. The molecule has 2 nitrogen and oxygen atoms in total. The summed E-state index contributed by atoms with van der Waals surface area (Å²) in [7, 11) is 0. The Balaban J connectivity index is 2.41. The van der Waals surface area contributed by atoms with Crippen LogP contribution < -0.4 is 5.73 Å². The molecule has 0 bridgehead atoms. The highest BCUT2D eigenvalue weighted by Crippen LogP contribution is 2.22. The molecule has 0 spiro atoms. The maximum atomic E-state index is 11.9. The van der Waals surface area contributed by atoms with Crippen LogP contribution >= 0.6 is 11.3 Å². The van der Waals surface area contributed by atoms with Crippen molar-refractivity contribution in [2.75, 3.05) is 0 Å². The van der Waals surface area contributed by atoms with Gasteiger partial charge in [0.1, 0.15) is 5.78 Å². The van der Waals surface area contributed by atoms with Crippen LogP contribution in [0.2, 0.25) is 0 Å². The highest BCUT2D eigenvalue weighted by atomic mass is 32.1.